The molecule has 6 heteroatoms. The molecule has 1 aliphatic rings. The number of rotatable bonds is 7. The number of morpholine rings is 1. The quantitative estimate of drug-likeness (QED) is 0.757. The maximum absolute atomic E-state index is 12.3. The highest BCUT2D eigenvalue weighted by Gasteiger charge is 2.13. The van der Waals surface area contributed by atoms with E-state index in [9.17, 15) is 8.42 Å². The molecule has 5 nitrogen and oxygen atoms in total. The average Bonchev–Trinajstić information content (AvgIpc) is 2.66. The third-order valence-corrected chi connectivity index (χ3v) is 6.01. The van der Waals surface area contributed by atoms with Crippen molar-refractivity contribution >= 4 is 15.7 Å². The molecule has 0 bridgehead atoms. The number of nitrogens with zero attached hydrogens (tertiary/aromatic N) is 1. The summed E-state index contributed by atoms with van der Waals surface area (Å²) in [6.07, 6.45) is 1.61. The fraction of sp³-hybridized carbons (Fsp3) is 0.400. The van der Waals surface area contributed by atoms with Gasteiger partial charge in [-0.15, -0.1) is 0 Å². The zero-order valence-corrected chi connectivity index (χ0v) is 16.0. The van der Waals surface area contributed by atoms with Crippen molar-refractivity contribution in [1.82, 2.24) is 4.72 Å². The Bertz CT molecular complexity index is 813. The van der Waals surface area contributed by atoms with Gasteiger partial charge >= 0.3 is 0 Å². The molecule has 0 radical (unpaired) electrons. The van der Waals surface area contributed by atoms with E-state index in [1.54, 1.807) is 18.2 Å². The Morgan fingerprint density at radius 1 is 1.08 bits per heavy atom. The Kier molecular flexibility index (Phi) is 6.29. The van der Waals surface area contributed by atoms with E-state index in [0.717, 1.165) is 44.7 Å². The van der Waals surface area contributed by atoms with Gasteiger partial charge in [0, 0.05) is 25.3 Å². The summed E-state index contributed by atoms with van der Waals surface area (Å²) in [5.74, 6) is 0. The van der Waals surface area contributed by atoms with Gasteiger partial charge < -0.3 is 9.64 Å². The van der Waals surface area contributed by atoms with Crippen LogP contribution in [0.5, 0.6) is 0 Å². The van der Waals surface area contributed by atoms with Gasteiger partial charge in [0.2, 0.25) is 10.0 Å². The lowest BCUT2D eigenvalue weighted by Crippen LogP contribution is -2.36. The number of hydrogen-bond acceptors (Lipinski definition) is 4. The molecule has 1 heterocycles. The largest absolute Gasteiger partial charge is 0.378 e. The fourth-order valence-corrected chi connectivity index (χ4v) is 4.24. The fourth-order valence-electron chi connectivity index (χ4n) is 3.06. The number of aryl methyl sites for hydroxylation is 2. The highest BCUT2D eigenvalue weighted by Crippen LogP contribution is 2.17. The molecule has 1 N–H and O–H groups in total. The number of ether oxygens (including phenoxy) is 1. The lowest BCUT2D eigenvalue weighted by molar-refractivity contribution is 0.122. The maximum Gasteiger partial charge on any atom is 0.240 e. The SMILES string of the molecule is Cc1cccc(S(=O)(=O)NCCCc2ccc(N3CCOCC3)cc2)c1. The zero-order valence-electron chi connectivity index (χ0n) is 15.1. The van der Waals surface area contributed by atoms with E-state index < -0.39 is 10.0 Å². The van der Waals surface area contributed by atoms with Gasteiger partial charge in [-0.1, -0.05) is 24.3 Å². The summed E-state index contributed by atoms with van der Waals surface area (Å²) < 4.78 is 32.6. The van der Waals surface area contributed by atoms with Gasteiger partial charge in [-0.05, 0) is 55.2 Å². The second-order valence-corrected chi connectivity index (χ2v) is 8.35. The van der Waals surface area contributed by atoms with Crippen molar-refractivity contribution < 1.29 is 13.2 Å². The predicted octanol–water partition coefficient (Wildman–Crippen LogP) is 2.74. The first-order valence-corrected chi connectivity index (χ1v) is 10.5. The predicted molar refractivity (Wildman–Crippen MR) is 104 cm³/mol. The van der Waals surface area contributed by atoms with E-state index in [0.29, 0.717) is 11.4 Å². The summed E-state index contributed by atoms with van der Waals surface area (Å²) in [6, 6.07) is 15.5. The molecule has 0 unspecified atom stereocenters. The molecule has 140 valence electrons. The molecule has 1 fully saturated rings. The van der Waals surface area contributed by atoms with Crippen LogP contribution in [0.3, 0.4) is 0 Å². The standard InChI is InChI=1S/C20H26N2O3S/c1-17-4-2-6-20(16-17)26(23,24)21-11-3-5-18-7-9-19(10-8-18)22-12-14-25-15-13-22/h2,4,6-10,16,21H,3,5,11-15H2,1H3. The van der Waals surface area contributed by atoms with Crippen LogP contribution in [0.15, 0.2) is 53.4 Å². The Morgan fingerprint density at radius 3 is 2.50 bits per heavy atom. The molecule has 0 spiro atoms. The van der Waals surface area contributed by atoms with Gasteiger partial charge in [-0.3, -0.25) is 0 Å². The van der Waals surface area contributed by atoms with Crippen LogP contribution >= 0.6 is 0 Å². The number of nitrogens with one attached hydrogen (secondary N) is 1. The minimum atomic E-state index is -3.43. The number of hydrogen-bond donors (Lipinski definition) is 1. The zero-order chi connectivity index (χ0) is 18.4. The second-order valence-electron chi connectivity index (χ2n) is 6.58. The first kappa shape index (κ1) is 18.9. The van der Waals surface area contributed by atoms with Crippen LogP contribution in [-0.2, 0) is 21.2 Å². The van der Waals surface area contributed by atoms with Crippen LogP contribution in [0, 0.1) is 6.92 Å². The average molecular weight is 375 g/mol. The van der Waals surface area contributed by atoms with Crippen molar-refractivity contribution in [3.05, 3.63) is 59.7 Å². The summed E-state index contributed by atoms with van der Waals surface area (Å²) in [5.41, 5.74) is 3.38. The molecule has 2 aromatic rings. The van der Waals surface area contributed by atoms with Crippen LogP contribution in [0.2, 0.25) is 0 Å². The van der Waals surface area contributed by atoms with Crippen molar-refractivity contribution in [2.24, 2.45) is 0 Å². The lowest BCUT2D eigenvalue weighted by atomic mass is 10.1. The van der Waals surface area contributed by atoms with E-state index in [2.05, 4.69) is 33.9 Å². The first-order valence-electron chi connectivity index (χ1n) is 9.02. The lowest BCUT2D eigenvalue weighted by Gasteiger charge is -2.28. The van der Waals surface area contributed by atoms with Crippen molar-refractivity contribution in [2.75, 3.05) is 37.7 Å². The van der Waals surface area contributed by atoms with E-state index in [1.165, 1.54) is 11.3 Å². The highest BCUT2D eigenvalue weighted by atomic mass is 32.2. The van der Waals surface area contributed by atoms with Crippen LogP contribution in [-0.4, -0.2) is 41.3 Å². The Morgan fingerprint density at radius 2 is 1.81 bits per heavy atom. The molecule has 0 atom stereocenters. The van der Waals surface area contributed by atoms with Gasteiger partial charge in [-0.25, -0.2) is 13.1 Å². The van der Waals surface area contributed by atoms with Crippen molar-refractivity contribution in [2.45, 2.75) is 24.7 Å². The third kappa shape index (κ3) is 5.06. The van der Waals surface area contributed by atoms with Gasteiger partial charge in [0.05, 0.1) is 18.1 Å². The van der Waals surface area contributed by atoms with Crippen LogP contribution in [0.4, 0.5) is 5.69 Å². The van der Waals surface area contributed by atoms with Gasteiger partial charge in [-0.2, -0.15) is 0 Å². The Hall–Kier alpha value is -1.89. The van der Waals surface area contributed by atoms with Gasteiger partial charge in [0.1, 0.15) is 0 Å². The topological polar surface area (TPSA) is 58.6 Å². The summed E-state index contributed by atoms with van der Waals surface area (Å²) in [4.78, 5) is 2.65. The van der Waals surface area contributed by atoms with Crippen LogP contribution < -0.4 is 9.62 Å². The van der Waals surface area contributed by atoms with E-state index >= 15 is 0 Å². The minimum Gasteiger partial charge on any atom is -0.378 e. The maximum atomic E-state index is 12.3. The van der Waals surface area contributed by atoms with E-state index in [1.807, 2.05) is 13.0 Å². The second kappa shape index (κ2) is 8.66. The summed E-state index contributed by atoms with van der Waals surface area (Å²) >= 11 is 0. The van der Waals surface area contributed by atoms with Gasteiger partial charge in [0.15, 0.2) is 0 Å². The number of sulfonamides is 1. The summed E-state index contributed by atoms with van der Waals surface area (Å²) in [6.45, 7) is 5.74. The number of benzene rings is 2. The van der Waals surface area contributed by atoms with Crippen LogP contribution in [0.1, 0.15) is 17.5 Å². The normalized spacial score (nSPS) is 15.2. The Balaban J connectivity index is 1.47. The van der Waals surface area contributed by atoms with Crippen molar-refractivity contribution in [3.63, 3.8) is 0 Å². The molecule has 1 aliphatic heterocycles. The monoisotopic (exact) mass is 374 g/mol. The van der Waals surface area contributed by atoms with E-state index in [4.69, 9.17) is 4.74 Å². The smallest absolute Gasteiger partial charge is 0.240 e. The summed E-state index contributed by atoms with van der Waals surface area (Å²) in [7, 11) is -3.43. The molecule has 2 aromatic carbocycles. The molecule has 26 heavy (non-hydrogen) atoms. The molecular weight excluding hydrogens is 348 g/mol. The number of anilines is 1. The molecule has 3 rings (SSSR count). The molecule has 1 saturated heterocycles. The van der Waals surface area contributed by atoms with Gasteiger partial charge in [0.25, 0.3) is 0 Å². The molecule has 0 amide bonds. The summed E-state index contributed by atoms with van der Waals surface area (Å²) in [5, 5.41) is 0. The van der Waals surface area contributed by atoms with Crippen molar-refractivity contribution in [1.29, 1.82) is 0 Å². The molecule has 0 aliphatic carbocycles. The molecular formula is C20H26N2O3S. The van der Waals surface area contributed by atoms with Crippen molar-refractivity contribution in [3.8, 4) is 0 Å². The van der Waals surface area contributed by atoms with Crippen LogP contribution in [0.25, 0.3) is 0 Å². The Labute approximate surface area is 156 Å². The first-order chi connectivity index (χ1) is 12.5. The molecule has 0 aromatic heterocycles. The third-order valence-electron chi connectivity index (χ3n) is 4.55. The highest BCUT2D eigenvalue weighted by molar-refractivity contribution is 7.89. The van der Waals surface area contributed by atoms with E-state index in [-0.39, 0.29) is 0 Å². The molecule has 0 saturated carbocycles. The minimum absolute atomic E-state index is 0.326.